The predicted octanol–water partition coefficient (Wildman–Crippen LogP) is 2.42. The molecule has 0 aromatic carbocycles. The molecule has 0 spiro atoms. The van der Waals surface area contributed by atoms with Gasteiger partial charge in [0.05, 0.1) is 6.10 Å². The topological polar surface area (TPSA) is 88.7 Å². The van der Waals surface area contributed by atoms with Crippen molar-refractivity contribution in [1.82, 2.24) is 9.88 Å². The molecule has 0 bridgehead atoms. The highest BCUT2D eigenvalue weighted by Gasteiger charge is 2.16. The zero-order valence-corrected chi connectivity index (χ0v) is 16.8. The van der Waals surface area contributed by atoms with E-state index in [2.05, 4.69) is 17.0 Å². The van der Waals surface area contributed by atoms with Gasteiger partial charge in [0.15, 0.2) is 0 Å². The van der Waals surface area contributed by atoms with E-state index in [9.17, 15) is 4.79 Å². The van der Waals surface area contributed by atoms with Gasteiger partial charge in [-0.05, 0) is 76.5 Å². The highest BCUT2D eigenvalue weighted by molar-refractivity contribution is 5.72. The molecule has 2 rings (SSSR count). The molecule has 0 amide bonds. The SMILES string of the molecule is CO[C@H](C)CN(CCCCc1ccc2c(n1)CCCC2)CC[C@@H](N)C(=O)O. The molecule has 0 fully saturated rings. The summed E-state index contributed by atoms with van der Waals surface area (Å²) in [6.07, 6.45) is 8.54. The number of fused-ring (bicyclic) bond motifs is 1. The molecule has 0 saturated carbocycles. The second-order valence-electron chi connectivity index (χ2n) is 7.65. The van der Waals surface area contributed by atoms with Gasteiger partial charge in [-0.1, -0.05) is 6.07 Å². The number of carboxylic acids is 1. The number of hydrogen-bond acceptors (Lipinski definition) is 5. The van der Waals surface area contributed by atoms with Crippen molar-refractivity contribution in [2.75, 3.05) is 26.7 Å². The molecule has 0 radical (unpaired) electrons. The maximum absolute atomic E-state index is 10.9. The summed E-state index contributed by atoms with van der Waals surface area (Å²) in [4.78, 5) is 18.1. The third kappa shape index (κ3) is 7.56. The van der Waals surface area contributed by atoms with Crippen molar-refractivity contribution in [3.05, 3.63) is 29.1 Å². The summed E-state index contributed by atoms with van der Waals surface area (Å²) in [5, 5.41) is 8.97. The lowest BCUT2D eigenvalue weighted by Crippen LogP contribution is -2.38. The van der Waals surface area contributed by atoms with Crippen LogP contribution in [0.2, 0.25) is 0 Å². The molecule has 0 saturated heterocycles. The Morgan fingerprint density at radius 1 is 1.30 bits per heavy atom. The zero-order chi connectivity index (χ0) is 19.6. The minimum Gasteiger partial charge on any atom is -0.480 e. The van der Waals surface area contributed by atoms with Gasteiger partial charge in [0.2, 0.25) is 0 Å². The maximum atomic E-state index is 10.9. The first-order valence-electron chi connectivity index (χ1n) is 10.2. The number of carbonyl (C=O) groups is 1. The Morgan fingerprint density at radius 2 is 2.07 bits per heavy atom. The first-order chi connectivity index (χ1) is 13.0. The fourth-order valence-electron chi connectivity index (χ4n) is 3.59. The largest absolute Gasteiger partial charge is 0.480 e. The van der Waals surface area contributed by atoms with Gasteiger partial charge in [0.25, 0.3) is 0 Å². The van der Waals surface area contributed by atoms with Crippen molar-refractivity contribution in [3.63, 3.8) is 0 Å². The highest BCUT2D eigenvalue weighted by Crippen LogP contribution is 2.20. The second-order valence-corrected chi connectivity index (χ2v) is 7.65. The standard InChI is InChI=1S/C21H35N3O3/c1-16(27-2)15-24(14-12-19(22)21(25)26)13-6-5-8-18-11-10-17-7-3-4-9-20(17)23-18/h10-11,16,19H,3-9,12-15,22H2,1-2H3,(H,25,26)/t16-,19-/m1/s1. The van der Waals surface area contributed by atoms with Crippen molar-refractivity contribution in [3.8, 4) is 0 Å². The molecule has 6 heteroatoms. The lowest BCUT2D eigenvalue weighted by molar-refractivity contribution is -0.138. The Kier molecular flexibility index (Phi) is 9.18. The normalized spacial score (nSPS) is 16.1. The van der Waals surface area contributed by atoms with Crippen LogP contribution in [0.5, 0.6) is 0 Å². The average molecular weight is 378 g/mol. The molecule has 0 aliphatic heterocycles. The summed E-state index contributed by atoms with van der Waals surface area (Å²) in [7, 11) is 1.70. The Morgan fingerprint density at radius 3 is 2.81 bits per heavy atom. The van der Waals surface area contributed by atoms with Crippen molar-refractivity contribution >= 4 is 5.97 Å². The van der Waals surface area contributed by atoms with Crippen molar-refractivity contribution in [2.45, 2.75) is 70.4 Å². The lowest BCUT2D eigenvalue weighted by Gasteiger charge is -2.25. The first kappa shape index (κ1) is 21.8. The van der Waals surface area contributed by atoms with Crippen LogP contribution in [0.1, 0.15) is 56.0 Å². The molecule has 152 valence electrons. The summed E-state index contributed by atoms with van der Waals surface area (Å²) in [6.45, 7) is 4.42. The summed E-state index contributed by atoms with van der Waals surface area (Å²) in [5.41, 5.74) is 9.58. The minimum atomic E-state index is -0.937. The Hall–Kier alpha value is -1.50. The van der Waals surface area contributed by atoms with E-state index >= 15 is 0 Å². The van der Waals surface area contributed by atoms with Gasteiger partial charge < -0.3 is 20.5 Å². The van der Waals surface area contributed by atoms with E-state index in [1.807, 2.05) is 6.92 Å². The number of ether oxygens (including phenoxy) is 1. The molecule has 3 N–H and O–H groups in total. The van der Waals surface area contributed by atoms with Crippen LogP contribution in [0.4, 0.5) is 0 Å². The van der Waals surface area contributed by atoms with E-state index in [-0.39, 0.29) is 6.10 Å². The molecule has 6 nitrogen and oxygen atoms in total. The minimum absolute atomic E-state index is 0.119. The Bertz CT molecular complexity index is 594. The maximum Gasteiger partial charge on any atom is 0.320 e. The van der Waals surface area contributed by atoms with Crippen LogP contribution in [0.25, 0.3) is 0 Å². The van der Waals surface area contributed by atoms with Gasteiger partial charge in [-0.2, -0.15) is 0 Å². The molecule has 0 unspecified atom stereocenters. The molecular weight excluding hydrogens is 342 g/mol. The third-order valence-corrected chi connectivity index (χ3v) is 5.38. The number of methoxy groups -OCH3 is 1. The molecule has 1 aliphatic carbocycles. The molecule has 27 heavy (non-hydrogen) atoms. The summed E-state index contributed by atoms with van der Waals surface area (Å²) >= 11 is 0. The number of pyridine rings is 1. The van der Waals surface area contributed by atoms with Crippen LogP contribution in [-0.4, -0.2) is 59.8 Å². The smallest absolute Gasteiger partial charge is 0.320 e. The predicted molar refractivity (Wildman–Crippen MR) is 107 cm³/mol. The number of aromatic nitrogens is 1. The van der Waals surface area contributed by atoms with Crippen molar-refractivity contribution in [1.29, 1.82) is 0 Å². The molecule has 1 aliphatic rings. The lowest BCUT2D eigenvalue weighted by atomic mass is 9.95. The van der Waals surface area contributed by atoms with Crippen molar-refractivity contribution < 1.29 is 14.6 Å². The van der Waals surface area contributed by atoms with Crippen LogP contribution >= 0.6 is 0 Å². The van der Waals surface area contributed by atoms with Crippen LogP contribution < -0.4 is 5.73 Å². The molecule has 1 aromatic rings. The van der Waals surface area contributed by atoms with E-state index in [0.717, 1.165) is 38.8 Å². The average Bonchev–Trinajstić information content (AvgIpc) is 2.68. The van der Waals surface area contributed by atoms with E-state index < -0.39 is 12.0 Å². The highest BCUT2D eigenvalue weighted by atomic mass is 16.5. The van der Waals surface area contributed by atoms with E-state index in [0.29, 0.717) is 13.0 Å². The quantitative estimate of drug-likeness (QED) is 0.544. The number of hydrogen-bond donors (Lipinski definition) is 2. The van der Waals surface area contributed by atoms with Gasteiger partial charge in [-0.3, -0.25) is 9.78 Å². The number of aliphatic carboxylic acids is 1. The molecule has 1 heterocycles. The molecule has 1 aromatic heterocycles. The van der Waals surface area contributed by atoms with E-state index in [1.165, 1.54) is 36.2 Å². The molecule has 2 atom stereocenters. The number of carboxylic acid groups (broad SMARTS) is 1. The number of unbranched alkanes of at least 4 members (excludes halogenated alkanes) is 1. The zero-order valence-electron chi connectivity index (χ0n) is 16.8. The first-order valence-corrected chi connectivity index (χ1v) is 10.2. The second kappa shape index (κ2) is 11.4. The Labute approximate surface area is 163 Å². The van der Waals surface area contributed by atoms with E-state index in [1.54, 1.807) is 7.11 Å². The van der Waals surface area contributed by atoms with Crippen molar-refractivity contribution in [2.24, 2.45) is 5.73 Å². The fraction of sp³-hybridized carbons (Fsp3) is 0.714. The van der Waals surface area contributed by atoms with Gasteiger partial charge in [0.1, 0.15) is 6.04 Å². The van der Waals surface area contributed by atoms with Crippen LogP contribution in [-0.2, 0) is 28.8 Å². The summed E-state index contributed by atoms with van der Waals surface area (Å²) in [6, 6.07) is 3.64. The van der Waals surface area contributed by atoms with E-state index in [4.69, 9.17) is 20.6 Å². The van der Waals surface area contributed by atoms with Crippen LogP contribution in [0.3, 0.4) is 0 Å². The monoisotopic (exact) mass is 377 g/mol. The third-order valence-electron chi connectivity index (χ3n) is 5.38. The number of aryl methyl sites for hydroxylation is 3. The summed E-state index contributed by atoms with van der Waals surface area (Å²) in [5.74, 6) is -0.937. The number of nitrogens with zero attached hydrogens (tertiary/aromatic N) is 2. The number of rotatable bonds is 12. The van der Waals surface area contributed by atoms with Gasteiger partial charge in [-0.25, -0.2) is 0 Å². The summed E-state index contributed by atoms with van der Waals surface area (Å²) < 4.78 is 5.36. The Balaban J connectivity index is 1.77. The van der Waals surface area contributed by atoms with Gasteiger partial charge in [0, 0.05) is 31.6 Å². The van der Waals surface area contributed by atoms with Crippen LogP contribution in [0.15, 0.2) is 12.1 Å². The van der Waals surface area contributed by atoms with Gasteiger partial charge in [-0.15, -0.1) is 0 Å². The van der Waals surface area contributed by atoms with Crippen LogP contribution in [0, 0.1) is 0 Å². The molecular formula is C21H35N3O3. The fourth-order valence-corrected chi connectivity index (χ4v) is 3.59. The number of nitrogens with two attached hydrogens (primary N) is 1. The van der Waals surface area contributed by atoms with Gasteiger partial charge >= 0.3 is 5.97 Å².